The topological polar surface area (TPSA) is 85.1 Å². The molecule has 1 aliphatic rings. The Labute approximate surface area is 168 Å². The van der Waals surface area contributed by atoms with Gasteiger partial charge in [-0.25, -0.2) is 4.98 Å². The fourth-order valence-corrected chi connectivity index (χ4v) is 5.15. The van der Waals surface area contributed by atoms with Crippen LogP contribution in [0, 0.1) is 11.3 Å². The monoisotopic (exact) mass is 405 g/mol. The maximum absolute atomic E-state index is 12.6. The van der Waals surface area contributed by atoms with Gasteiger partial charge in [-0.2, -0.15) is 0 Å². The molecule has 0 bridgehead atoms. The lowest BCUT2D eigenvalue weighted by Crippen LogP contribution is -2.29. The van der Waals surface area contributed by atoms with Gasteiger partial charge in [0.25, 0.3) is 11.8 Å². The molecule has 0 radical (unpaired) electrons. The summed E-state index contributed by atoms with van der Waals surface area (Å²) in [4.78, 5) is 29.8. The standard InChI is InChI=1S/C20H24ClN3O2S/c1-4-20(2,3)11-7-8-12-14(10-11)27-19(15(12)17(22)25)24-18(26)13-6-5-9-23-16(13)21/h5-6,9,11H,4,7-8,10H2,1-3H3,(H2,22,25)(H,24,26)/t11-/m1/s1. The highest BCUT2D eigenvalue weighted by Crippen LogP contribution is 2.45. The number of halogens is 1. The number of nitrogens with two attached hydrogens (primary N) is 1. The Kier molecular flexibility index (Phi) is 5.58. The van der Waals surface area contributed by atoms with Crippen molar-refractivity contribution in [2.24, 2.45) is 17.1 Å². The summed E-state index contributed by atoms with van der Waals surface area (Å²) in [7, 11) is 0. The quantitative estimate of drug-likeness (QED) is 0.707. The number of carbonyl (C=O) groups excluding carboxylic acids is 2. The van der Waals surface area contributed by atoms with E-state index in [9.17, 15) is 9.59 Å². The molecule has 1 atom stereocenters. The lowest BCUT2D eigenvalue weighted by Gasteiger charge is -2.36. The lowest BCUT2D eigenvalue weighted by molar-refractivity contribution is 0.0999. The van der Waals surface area contributed by atoms with Crippen molar-refractivity contribution < 1.29 is 9.59 Å². The van der Waals surface area contributed by atoms with Crippen molar-refractivity contribution in [1.82, 2.24) is 4.98 Å². The van der Waals surface area contributed by atoms with E-state index in [1.165, 1.54) is 17.5 Å². The fraction of sp³-hybridized carbons (Fsp3) is 0.450. The normalized spacial score (nSPS) is 16.7. The summed E-state index contributed by atoms with van der Waals surface area (Å²) < 4.78 is 0. The van der Waals surface area contributed by atoms with Gasteiger partial charge in [0, 0.05) is 11.1 Å². The van der Waals surface area contributed by atoms with Crippen molar-refractivity contribution in [3.8, 4) is 0 Å². The number of anilines is 1. The summed E-state index contributed by atoms with van der Waals surface area (Å²) in [5.74, 6) is -0.349. The van der Waals surface area contributed by atoms with Crippen LogP contribution < -0.4 is 11.1 Å². The third kappa shape index (κ3) is 3.87. The summed E-state index contributed by atoms with van der Waals surface area (Å²) in [5, 5.41) is 3.46. The summed E-state index contributed by atoms with van der Waals surface area (Å²) in [6.07, 6.45) is 5.36. The van der Waals surface area contributed by atoms with Crippen LogP contribution in [0.25, 0.3) is 0 Å². The number of fused-ring (bicyclic) bond motifs is 1. The Balaban J connectivity index is 1.93. The van der Waals surface area contributed by atoms with Gasteiger partial charge in [0.15, 0.2) is 0 Å². The number of nitrogens with zero attached hydrogens (tertiary/aromatic N) is 1. The minimum atomic E-state index is -0.506. The van der Waals surface area contributed by atoms with E-state index < -0.39 is 5.91 Å². The van der Waals surface area contributed by atoms with Gasteiger partial charge in [0.05, 0.1) is 11.1 Å². The van der Waals surface area contributed by atoms with Crippen molar-refractivity contribution in [3.63, 3.8) is 0 Å². The number of primary amides is 1. The van der Waals surface area contributed by atoms with Gasteiger partial charge in [0.2, 0.25) is 0 Å². The molecule has 3 rings (SSSR count). The van der Waals surface area contributed by atoms with Crippen LogP contribution in [0.4, 0.5) is 5.00 Å². The number of hydrogen-bond donors (Lipinski definition) is 2. The molecule has 0 saturated carbocycles. The van der Waals surface area contributed by atoms with Gasteiger partial charge in [0.1, 0.15) is 10.2 Å². The third-order valence-electron chi connectivity index (χ3n) is 5.76. The van der Waals surface area contributed by atoms with E-state index in [1.54, 1.807) is 12.1 Å². The fourth-order valence-electron chi connectivity index (χ4n) is 3.62. The number of carbonyl (C=O) groups is 2. The Hall–Kier alpha value is -1.92. The predicted octanol–water partition coefficient (Wildman–Crippen LogP) is 4.69. The highest BCUT2D eigenvalue weighted by atomic mass is 35.5. The smallest absolute Gasteiger partial charge is 0.259 e. The van der Waals surface area contributed by atoms with Crippen LogP contribution in [0.1, 0.15) is 64.8 Å². The molecule has 2 aromatic rings. The van der Waals surface area contributed by atoms with Gasteiger partial charge in [-0.3, -0.25) is 9.59 Å². The number of nitrogens with one attached hydrogen (secondary N) is 1. The van der Waals surface area contributed by atoms with Crippen molar-refractivity contribution in [2.75, 3.05) is 5.32 Å². The molecular weight excluding hydrogens is 382 g/mol. The molecule has 2 heterocycles. The van der Waals surface area contributed by atoms with Crippen LogP contribution >= 0.6 is 22.9 Å². The van der Waals surface area contributed by atoms with Crippen LogP contribution in [-0.4, -0.2) is 16.8 Å². The molecule has 0 unspecified atom stereocenters. The Morgan fingerprint density at radius 3 is 2.81 bits per heavy atom. The molecule has 0 aliphatic heterocycles. The van der Waals surface area contributed by atoms with Crippen LogP contribution in [0.15, 0.2) is 18.3 Å². The third-order valence-corrected chi connectivity index (χ3v) is 7.23. The minimum absolute atomic E-state index is 0.127. The zero-order valence-corrected chi connectivity index (χ0v) is 17.3. The van der Waals surface area contributed by atoms with Crippen molar-refractivity contribution in [1.29, 1.82) is 0 Å². The number of pyridine rings is 1. The van der Waals surface area contributed by atoms with E-state index in [-0.39, 0.29) is 22.0 Å². The highest BCUT2D eigenvalue weighted by molar-refractivity contribution is 7.17. The molecule has 7 heteroatoms. The second kappa shape index (κ2) is 7.60. The molecule has 0 spiro atoms. The summed E-state index contributed by atoms with van der Waals surface area (Å²) in [6.45, 7) is 6.79. The molecule has 0 aromatic carbocycles. The van der Waals surface area contributed by atoms with Crippen molar-refractivity contribution >= 4 is 39.8 Å². The average molecular weight is 406 g/mol. The Bertz CT molecular complexity index is 891. The van der Waals surface area contributed by atoms with Crippen molar-refractivity contribution in [2.45, 2.75) is 46.5 Å². The summed E-state index contributed by atoms with van der Waals surface area (Å²) in [6, 6.07) is 3.24. The first-order chi connectivity index (χ1) is 12.7. The first kappa shape index (κ1) is 19.8. The van der Waals surface area contributed by atoms with E-state index in [0.29, 0.717) is 16.5 Å². The van der Waals surface area contributed by atoms with Gasteiger partial charge >= 0.3 is 0 Å². The van der Waals surface area contributed by atoms with E-state index in [4.69, 9.17) is 17.3 Å². The maximum atomic E-state index is 12.6. The molecule has 0 saturated heterocycles. The largest absolute Gasteiger partial charge is 0.365 e. The second-order valence-corrected chi connectivity index (χ2v) is 9.11. The first-order valence-corrected chi connectivity index (χ1v) is 10.3. The summed E-state index contributed by atoms with van der Waals surface area (Å²) >= 11 is 7.47. The Morgan fingerprint density at radius 2 is 2.19 bits per heavy atom. The predicted molar refractivity (Wildman–Crippen MR) is 110 cm³/mol. The summed E-state index contributed by atoms with van der Waals surface area (Å²) in [5.41, 5.74) is 7.59. The first-order valence-electron chi connectivity index (χ1n) is 9.10. The highest BCUT2D eigenvalue weighted by Gasteiger charge is 2.35. The molecule has 3 N–H and O–H groups in total. The van der Waals surface area contributed by atoms with Gasteiger partial charge < -0.3 is 11.1 Å². The number of aromatic nitrogens is 1. The van der Waals surface area contributed by atoms with Crippen LogP contribution in [0.5, 0.6) is 0 Å². The zero-order valence-electron chi connectivity index (χ0n) is 15.8. The number of hydrogen-bond acceptors (Lipinski definition) is 4. The van der Waals surface area contributed by atoms with Crippen molar-refractivity contribution in [3.05, 3.63) is 45.1 Å². The van der Waals surface area contributed by atoms with Crippen LogP contribution in [0.3, 0.4) is 0 Å². The number of thiophene rings is 1. The maximum Gasteiger partial charge on any atom is 0.259 e. The number of rotatable bonds is 5. The zero-order chi connectivity index (χ0) is 19.8. The second-order valence-electron chi connectivity index (χ2n) is 7.65. The van der Waals surface area contributed by atoms with Gasteiger partial charge in [-0.05, 0) is 48.3 Å². The SMILES string of the molecule is CCC(C)(C)[C@@H]1CCc2c(sc(NC(=O)c3cccnc3Cl)c2C(N)=O)C1. The lowest BCUT2D eigenvalue weighted by atomic mass is 9.69. The molecule has 2 amide bonds. The van der Waals surface area contributed by atoms with Gasteiger partial charge in [-0.1, -0.05) is 38.8 Å². The Morgan fingerprint density at radius 1 is 1.44 bits per heavy atom. The molecule has 144 valence electrons. The molecular formula is C20H24ClN3O2S. The van der Waals surface area contributed by atoms with E-state index in [0.717, 1.165) is 36.1 Å². The molecule has 0 fully saturated rings. The van der Waals surface area contributed by atoms with E-state index in [1.807, 2.05) is 0 Å². The minimum Gasteiger partial charge on any atom is -0.365 e. The molecule has 2 aromatic heterocycles. The number of amides is 2. The van der Waals surface area contributed by atoms with Crippen LogP contribution in [0.2, 0.25) is 5.15 Å². The molecule has 27 heavy (non-hydrogen) atoms. The average Bonchev–Trinajstić information content (AvgIpc) is 2.99. The van der Waals surface area contributed by atoms with Crippen LogP contribution in [-0.2, 0) is 12.8 Å². The van der Waals surface area contributed by atoms with E-state index in [2.05, 4.69) is 31.1 Å². The molecule has 1 aliphatic carbocycles. The van der Waals surface area contributed by atoms with Gasteiger partial charge in [-0.15, -0.1) is 11.3 Å². The molecule has 5 nitrogen and oxygen atoms in total. The van der Waals surface area contributed by atoms with E-state index >= 15 is 0 Å².